The number of unbranched alkanes of at least 4 members (excludes halogenated alkanes) is 2. The van der Waals surface area contributed by atoms with Gasteiger partial charge < -0.3 is 24.9 Å². The van der Waals surface area contributed by atoms with Crippen molar-refractivity contribution in [1.82, 2.24) is 34.6 Å². The first-order chi connectivity index (χ1) is 30.0. The molecule has 2 atom stereocenters. The molecule has 12 nitrogen and oxygen atoms in total. The number of aromatic nitrogens is 4. The predicted octanol–water partition coefficient (Wildman–Crippen LogP) is 8.97. The van der Waals surface area contributed by atoms with E-state index in [0.29, 0.717) is 11.2 Å². The van der Waals surface area contributed by atoms with Gasteiger partial charge in [-0.25, -0.2) is 19.9 Å². The normalized spacial score (nSPS) is 18.4. The van der Waals surface area contributed by atoms with Gasteiger partial charge in [0, 0.05) is 74.1 Å². The Balaban J connectivity index is 0.000000203. The van der Waals surface area contributed by atoms with Gasteiger partial charge in [-0.1, -0.05) is 38.3 Å². The number of piperidine rings is 1. The molecule has 2 aliphatic carbocycles. The van der Waals surface area contributed by atoms with E-state index in [9.17, 15) is 9.59 Å². The van der Waals surface area contributed by atoms with Crippen LogP contribution in [-0.2, 0) is 41.8 Å². The molecule has 0 unspecified atom stereocenters. The van der Waals surface area contributed by atoms with Crippen LogP contribution in [-0.4, -0.2) is 113 Å². The minimum atomic E-state index is 0.0551. The van der Waals surface area contributed by atoms with Gasteiger partial charge in [-0.2, -0.15) is 0 Å². The van der Waals surface area contributed by atoms with Crippen LogP contribution in [0.3, 0.4) is 0 Å². The lowest BCUT2D eigenvalue weighted by Crippen LogP contribution is -2.42. The number of thiophene rings is 2. The van der Waals surface area contributed by atoms with E-state index in [0.717, 1.165) is 142 Å². The zero-order valence-corrected chi connectivity index (χ0v) is 39.6. The lowest BCUT2D eigenvalue weighted by molar-refractivity contribution is -0.135. The second-order valence-corrected chi connectivity index (χ2v) is 20.2. The monoisotopic (exact) mass is 896 g/mol. The van der Waals surface area contributed by atoms with E-state index in [1.165, 1.54) is 44.0 Å². The van der Waals surface area contributed by atoms with Crippen molar-refractivity contribution < 1.29 is 9.59 Å². The Labute approximate surface area is 379 Å². The maximum Gasteiger partial charge on any atom is 0.225 e. The number of halogens is 1. The van der Waals surface area contributed by atoms with Crippen molar-refractivity contribution in [2.75, 3.05) is 64.6 Å². The average Bonchev–Trinajstić information content (AvgIpc) is 4.02. The summed E-state index contributed by atoms with van der Waals surface area (Å²) in [5, 5.41) is 6.41. The molecule has 0 saturated carbocycles. The number of amides is 2. The maximum absolute atomic E-state index is 13.1. The van der Waals surface area contributed by atoms with Crippen LogP contribution in [0.2, 0.25) is 5.15 Å². The van der Waals surface area contributed by atoms with E-state index in [-0.39, 0.29) is 23.7 Å². The third kappa shape index (κ3) is 9.35. The molecule has 1 aromatic carbocycles. The van der Waals surface area contributed by atoms with E-state index in [4.69, 9.17) is 16.6 Å². The summed E-state index contributed by atoms with van der Waals surface area (Å²) in [5.41, 5.74) is 7.36. The molecule has 62 heavy (non-hydrogen) atoms. The van der Waals surface area contributed by atoms with Crippen LogP contribution in [0.5, 0.6) is 0 Å². The van der Waals surface area contributed by atoms with Gasteiger partial charge in [0.25, 0.3) is 0 Å². The molecule has 0 bridgehead atoms. The minimum absolute atomic E-state index is 0.0551. The van der Waals surface area contributed by atoms with Crippen LogP contribution in [0.1, 0.15) is 97.2 Å². The molecule has 1 saturated heterocycles. The summed E-state index contributed by atoms with van der Waals surface area (Å²) < 4.78 is 0. The Bertz CT molecular complexity index is 2440. The Hall–Kier alpha value is -4.24. The fourth-order valence-corrected chi connectivity index (χ4v) is 12.4. The van der Waals surface area contributed by atoms with Crippen molar-refractivity contribution in [1.29, 1.82) is 0 Å². The number of benzene rings is 1. The number of rotatable bonds is 12. The number of aryl methyl sites for hydroxylation is 2. The van der Waals surface area contributed by atoms with Gasteiger partial charge in [0.1, 0.15) is 33.3 Å². The second kappa shape index (κ2) is 19.7. The fraction of sp³-hybridized carbons (Fsp3) is 0.553. The van der Waals surface area contributed by atoms with Gasteiger partial charge in [-0.15, -0.1) is 22.7 Å². The number of carbonyl (C=O) groups is 2. The summed E-state index contributed by atoms with van der Waals surface area (Å²) in [7, 11) is 8.24. The minimum Gasteiger partial charge on any atom is -0.370 e. The highest BCUT2D eigenvalue weighted by molar-refractivity contribution is 7.19. The standard InChI is InChI=1S/C31H41N7OS.C16H20ClN3OS/c1-5-6-11-37(4)31(39)20-7-8-24-27(16-20)40-30-28(24)29(33-19-34-30)35-25-14-21-17-32-18-22(21)15-26(25)38-12-9-23(10-13-38)36(2)3;1-3-4-7-20(2)16(21)10-5-6-11-12(8-10)22-15-13(11)14(17)18-9-19-15/h14-15,17,19-20,23H,5-13,16,18H2,1-4H3,(H,33,34,35);9-10H,3-8H2,1-2H3/t20-;10-/m00/s1. The van der Waals surface area contributed by atoms with Crippen molar-refractivity contribution in [2.45, 2.75) is 103 Å². The molecule has 9 rings (SSSR count). The van der Waals surface area contributed by atoms with E-state index < -0.39 is 0 Å². The van der Waals surface area contributed by atoms with Gasteiger partial charge in [-0.3, -0.25) is 14.6 Å². The Kier molecular flexibility index (Phi) is 14.1. The SMILES string of the molecule is CCCCN(C)C(=O)[C@H]1CCc2c(sc3ncnc(Cl)c23)C1.CCCCN(C)C(=O)[C@H]1CCc2c(sc3ncnc(Nc4cc5c(cc4N4CCC(N(C)C)CC4)CN=C5)c23)C1. The predicted molar refractivity (Wildman–Crippen MR) is 256 cm³/mol. The number of carbonyl (C=O) groups excluding carboxylic acids is 2. The van der Waals surface area contributed by atoms with Crippen molar-refractivity contribution >= 4 is 89.9 Å². The van der Waals surface area contributed by atoms with Crippen molar-refractivity contribution in [3.8, 4) is 0 Å². The first kappa shape index (κ1) is 44.4. The van der Waals surface area contributed by atoms with Gasteiger partial charge >= 0.3 is 0 Å². The maximum atomic E-state index is 13.1. The van der Waals surface area contributed by atoms with Gasteiger partial charge in [0.15, 0.2) is 0 Å². The fourth-order valence-electron chi connectivity index (χ4n) is 9.59. The van der Waals surface area contributed by atoms with Crippen molar-refractivity contribution in [3.63, 3.8) is 0 Å². The topological polar surface area (TPSA) is 123 Å². The highest BCUT2D eigenvalue weighted by atomic mass is 35.5. The largest absolute Gasteiger partial charge is 0.370 e. The molecule has 2 amide bonds. The average molecular weight is 898 g/mol. The van der Waals surface area contributed by atoms with Gasteiger partial charge in [0.05, 0.1) is 28.7 Å². The zero-order chi connectivity index (χ0) is 43.5. The molecule has 2 aliphatic heterocycles. The smallest absolute Gasteiger partial charge is 0.225 e. The Morgan fingerprint density at radius 1 is 0.790 bits per heavy atom. The van der Waals surface area contributed by atoms with E-state index >= 15 is 0 Å². The lowest BCUT2D eigenvalue weighted by Gasteiger charge is -2.37. The number of nitrogens with one attached hydrogen (secondary N) is 1. The molecule has 1 fully saturated rings. The highest BCUT2D eigenvalue weighted by Gasteiger charge is 2.32. The molecule has 5 aromatic rings. The summed E-state index contributed by atoms with van der Waals surface area (Å²) in [4.78, 5) is 61.3. The Morgan fingerprint density at radius 2 is 1.37 bits per heavy atom. The number of fused-ring (bicyclic) bond motifs is 7. The molecule has 0 radical (unpaired) electrons. The van der Waals surface area contributed by atoms with Crippen LogP contribution >= 0.6 is 34.3 Å². The quantitative estimate of drug-likeness (QED) is 0.122. The first-order valence-electron chi connectivity index (χ1n) is 22.6. The third-order valence-corrected chi connectivity index (χ3v) is 15.9. The second-order valence-electron chi connectivity index (χ2n) is 17.7. The number of hydrogen-bond donors (Lipinski definition) is 1. The molecule has 330 valence electrons. The van der Waals surface area contributed by atoms with Gasteiger partial charge in [-0.05, 0) is 113 Å². The molecule has 15 heteroatoms. The van der Waals surface area contributed by atoms with Crippen molar-refractivity contribution in [3.05, 3.63) is 61.9 Å². The summed E-state index contributed by atoms with van der Waals surface area (Å²) in [6.07, 6.45) is 17.0. The van der Waals surface area contributed by atoms with Crippen LogP contribution < -0.4 is 10.2 Å². The zero-order valence-electron chi connectivity index (χ0n) is 37.2. The van der Waals surface area contributed by atoms with Crippen LogP contribution in [0.15, 0.2) is 29.8 Å². The lowest BCUT2D eigenvalue weighted by atomic mass is 9.87. The van der Waals surface area contributed by atoms with Gasteiger partial charge in [0.2, 0.25) is 11.8 Å². The summed E-state index contributed by atoms with van der Waals surface area (Å²) in [6, 6.07) is 5.20. The molecule has 1 N–H and O–H groups in total. The summed E-state index contributed by atoms with van der Waals surface area (Å²) in [5.74, 6) is 1.57. The highest BCUT2D eigenvalue weighted by Crippen LogP contribution is 2.43. The molecule has 4 aliphatic rings. The van der Waals surface area contributed by atoms with E-state index in [2.05, 4.69) is 75.1 Å². The number of anilines is 3. The molecular formula is C47H61ClN10O2S2. The van der Waals surface area contributed by atoms with Crippen LogP contribution in [0, 0.1) is 11.8 Å². The molecule has 0 spiro atoms. The number of nitrogens with zero attached hydrogens (tertiary/aromatic N) is 9. The molecular weight excluding hydrogens is 836 g/mol. The first-order valence-corrected chi connectivity index (χ1v) is 24.6. The number of hydrogen-bond acceptors (Lipinski definition) is 12. The van der Waals surface area contributed by atoms with E-state index in [1.54, 1.807) is 29.0 Å². The van der Waals surface area contributed by atoms with Crippen LogP contribution in [0.4, 0.5) is 17.2 Å². The molecule has 6 heterocycles. The summed E-state index contributed by atoms with van der Waals surface area (Å²) >= 11 is 9.61. The van der Waals surface area contributed by atoms with Crippen LogP contribution in [0.25, 0.3) is 20.4 Å². The van der Waals surface area contributed by atoms with Crippen molar-refractivity contribution in [2.24, 2.45) is 16.8 Å². The summed E-state index contributed by atoms with van der Waals surface area (Å²) in [6.45, 7) is 8.82. The third-order valence-electron chi connectivity index (χ3n) is 13.3. The van der Waals surface area contributed by atoms with E-state index in [1.807, 2.05) is 30.1 Å². The molecule has 4 aromatic heterocycles. The number of aliphatic imine (C=N–C) groups is 1. The Morgan fingerprint density at radius 3 is 1.97 bits per heavy atom.